The van der Waals surface area contributed by atoms with E-state index in [1.54, 1.807) is 30.3 Å². The van der Waals surface area contributed by atoms with Gasteiger partial charge >= 0.3 is 7.12 Å². The molecular weight excluding hydrogens is 342 g/mol. The largest absolute Gasteiger partial charge is 0.525 e. The lowest BCUT2D eigenvalue weighted by atomic mass is 9.73. The smallest absolute Gasteiger partial charge is 0.398 e. The molecule has 4 nitrogen and oxygen atoms in total. The maximum atomic E-state index is 14.6. The maximum absolute atomic E-state index is 14.6. The first-order valence-corrected chi connectivity index (χ1v) is 10.2. The molecule has 1 aliphatic carbocycles. The fourth-order valence-electron chi connectivity index (χ4n) is 3.10. The van der Waals surface area contributed by atoms with E-state index in [-0.39, 0.29) is 11.7 Å². The molecule has 1 aromatic carbocycles. The van der Waals surface area contributed by atoms with E-state index >= 15 is 0 Å². The monoisotopic (exact) mass is 366 g/mol. The molecule has 0 radical (unpaired) electrons. The summed E-state index contributed by atoms with van der Waals surface area (Å²) in [6.07, 6.45) is 0.865. The van der Waals surface area contributed by atoms with Crippen molar-refractivity contribution in [2.24, 2.45) is 5.92 Å². The fourth-order valence-corrected chi connectivity index (χ4v) is 4.72. The highest BCUT2D eigenvalue weighted by atomic mass is 32.2. The number of sulfone groups is 1. The highest BCUT2D eigenvalue weighted by Gasteiger charge is 2.54. The van der Waals surface area contributed by atoms with Crippen LogP contribution in [0.3, 0.4) is 0 Å². The van der Waals surface area contributed by atoms with Gasteiger partial charge < -0.3 is 9.31 Å². The second-order valence-corrected chi connectivity index (χ2v) is 9.94. The van der Waals surface area contributed by atoms with Gasteiger partial charge in [0.2, 0.25) is 0 Å². The first-order valence-electron chi connectivity index (χ1n) is 8.53. The van der Waals surface area contributed by atoms with Crippen molar-refractivity contribution in [1.82, 2.24) is 0 Å². The molecule has 0 amide bonds. The summed E-state index contributed by atoms with van der Waals surface area (Å²) in [5, 5.41) is 0. The lowest BCUT2D eigenvalue weighted by molar-refractivity contribution is 0.00578. The van der Waals surface area contributed by atoms with E-state index < -0.39 is 33.9 Å². The standard InChI is InChI=1S/C18H24BFO4S/c1-17(2)18(3,4)24-19(23-17)16(20)14-10-13(11-14)12-25(21,22)15-8-6-5-7-9-15/h5-9,13H,10-12H2,1-4H3. The van der Waals surface area contributed by atoms with Gasteiger partial charge in [0.25, 0.3) is 0 Å². The minimum atomic E-state index is -3.33. The molecule has 0 unspecified atom stereocenters. The Morgan fingerprint density at radius 2 is 1.64 bits per heavy atom. The van der Waals surface area contributed by atoms with Gasteiger partial charge in [0, 0.05) is 0 Å². The summed E-state index contributed by atoms with van der Waals surface area (Å²) >= 11 is 0. The van der Waals surface area contributed by atoms with Crippen molar-refractivity contribution in [3.8, 4) is 0 Å². The van der Waals surface area contributed by atoms with Crippen LogP contribution in [0.4, 0.5) is 4.39 Å². The third kappa shape index (κ3) is 3.55. The van der Waals surface area contributed by atoms with Crippen LogP contribution in [-0.2, 0) is 19.1 Å². The molecule has 3 rings (SSSR count). The van der Waals surface area contributed by atoms with Gasteiger partial charge in [-0.25, -0.2) is 12.8 Å². The summed E-state index contributed by atoms with van der Waals surface area (Å²) in [5.41, 5.74) is -0.969. The molecule has 7 heteroatoms. The van der Waals surface area contributed by atoms with E-state index in [0.29, 0.717) is 23.3 Å². The highest BCUT2D eigenvalue weighted by Crippen LogP contribution is 2.43. The quantitative estimate of drug-likeness (QED) is 0.762. The highest BCUT2D eigenvalue weighted by molar-refractivity contribution is 7.91. The zero-order chi connectivity index (χ0) is 18.5. The first kappa shape index (κ1) is 18.6. The molecule has 1 heterocycles. The Labute approximate surface area is 149 Å². The van der Waals surface area contributed by atoms with Gasteiger partial charge in [-0.3, -0.25) is 0 Å². The Hall–Kier alpha value is -1.18. The second kappa shape index (κ2) is 6.22. The van der Waals surface area contributed by atoms with Crippen molar-refractivity contribution < 1.29 is 22.1 Å². The van der Waals surface area contributed by atoms with Crippen molar-refractivity contribution in [3.63, 3.8) is 0 Å². The molecule has 136 valence electrons. The molecule has 0 N–H and O–H groups in total. The maximum Gasteiger partial charge on any atom is 0.525 e. The predicted octanol–water partition coefficient (Wildman–Crippen LogP) is 3.73. The van der Waals surface area contributed by atoms with Crippen LogP contribution in [0.1, 0.15) is 40.5 Å². The average Bonchev–Trinajstić information content (AvgIpc) is 2.71. The summed E-state index contributed by atoms with van der Waals surface area (Å²) in [5.74, 6) is -0.0228. The number of halogens is 1. The van der Waals surface area contributed by atoms with Gasteiger partial charge in [0.05, 0.1) is 21.9 Å². The average molecular weight is 366 g/mol. The number of rotatable bonds is 4. The predicted molar refractivity (Wildman–Crippen MR) is 95.4 cm³/mol. The molecule has 2 aliphatic rings. The van der Waals surface area contributed by atoms with Crippen LogP contribution in [0.15, 0.2) is 46.5 Å². The number of hydrogen-bond donors (Lipinski definition) is 0. The zero-order valence-electron chi connectivity index (χ0n) is 15.1. The van der Waals surface area contributed by atoms with Crippen LogP contribution >= 0.6 is 0 Å². The normalized spacial score (nSPS) is 24.9. The van der Waals surface area contributed by atoms with Crippen molar-refractivity contribution in [2.75, 3.05) is 5.75 Å². The SMILES string of the molecule is CC1(C)OB(C(F)=C2CC(CS(=O)(=O)c3ccccc3)C2)OC1(C)C. The lowest BCUT2D eigenvalue weighted by Gasteiger charge is -2.32. The van der Waals surface area contributed by atoms with Crippen molar-refractivity contribution in [3.05, 3.63) is 41.6 Å². The molecule has 1 aliphatic heterocycles. The third-order valence-corrected chi connectivity index (χ3v) is 7.33. The van der Waals surface area contributed by atoms with Gasteiger partial charge in [-0.1, -0.05) is 18.2 Å². The van der Waals surface area contributed by atoms with E-state index in [2.05, 4.69) is 0 Å². The Kier molecular flexibility index (Phi) is 4.63. The molecule has 25 heavy (non-hydrogen) atoms. The topological polar surface area (TPSA) is 52.6 Å². The van der Waals surface area contributed by atoms with Crippen LogP contribution in [-0.4, -0.2) is 32.5 Å². The fraction of sp³-hybridized carbons (Fsp3) is 0.556. The van der Waals surface area contributed by atoms with E-state index in [1.807, 2.05) is 27.7 Å². The molecule has 1 saturated heterocycles. The molecule has 0 aromatic heterocycles. The van der Waals surface area contributed by atoms with Crippen molar-refractivity contribution in [1.29, 1.82) is 0 Å². The first-order chi connectivity index (χ1) is 11.5. The number of hydrogen-bond acceptors (Lipinski definition) is 4. The molecule has 0 bridgehead atoms. The van der Waals surface area contributed by atoms with E-state index in [9.17, 15) is 12.8 Å². The van der Waals surface area contributed by atoms with Gasteiger partial charge in [-0.05, 0) is 64.2 Å². The Morgan fingerprint density at radius 1 is 1.12 bits per heavy atom. The lowest BCUT2D eigenvalue weighted by Crippen LogP contribution is -2.41. The molecule has 1 aromatic rings. The summed E-state index contributed by atoms with van der Waals surface area (Å²) < 4.78 is 50.8. The second-order valence-electron chi connectivity index (χ2n) is 7.91. The van der Waals surface area contributed by atoms with Crippen molar-refractivity contribution in [2.45, 2.75) is 56.6 Å². The van der Waals surface area contributed by atoms with Gasteiger partial charge in [-0.15, -0.1) is 0 Å². The van der Waals surface area contributed by atoms with Crippen LogP contribution in [0, 0.1) is 5.92 Å². The van der Waals surface area contributed by atoms with E-state index in [0.717, 1.165) is 0 Å². The molecular formula is C18H24BFO4S. The molecule has 1 saturated carbocycles. The molecule has 0 atom stereocenters. The zero-order valence-corrected chi connectivity index (χ0v) is 15.9. The minimum absolute atomic E-state index is 0.0388. The van der Waals surface area contributed by atoms with Crippen molar-refractivity contribution >= 4 is 17.0 Å². The minimum Gasteiger partial charge on any atom is -0.398 e. The van der Waals surface area contributed by atoms with Crippen LogP contribution < -0.4 is 0 Å². The van der Waals surface area contributed by atoms with Gasteiger partial charge in [-0.2, -0.15) is 0 Å². The Morgan fingerprint density at radius 3 is 2.16 bits per heavy atom. The van der Waals surface area contributed by atoms with Gasteiger partial charge in [0.15, 0.2) is 9.84 Å². The number of benzene rings is 1. The summed E-state index contributed by atoms with van der Waals surface area (Å²) in [4.78, 5) is 0.318. The molecule has 2 fully saturated rings. The van der Waals surface area contributed by atoms with E-state index in [1.165, 1.54) is 0 Å². The summed E-state index contributed by atoms with van der Waals surface area (Å²) in [6, 6.07) is 8.38. The Bertz CT molecular complexity index is 763. The summed E-state index contributed by atoms with van der Waals surface area (Å²) in [7, 11) is -4.33. The molecule has 0 spiro atoms. The number of allylic oxidation sites excluding steroid dienone is 1. The Balaban J connectivity index is 1.63. The van der Waals surface area contributed by atoms with Gasteiger partial charge in [0.1, 0.15) is 5.73 Å². The third-order valence-electron chi connectivity index (χ3n) is 5.43. The van der Waals surface area contributed by atoms with Crippen LogP contribution in [0.2, 0.25) is 0 Å². The van der Waals surface area contributed by atoms with Crippen LogP contribution in [0.25, 0.3) is 0 Å². The summed E-state index contributed by atoms with van der Waals surface area (Å²) in [6.45, 7) is 7.50. The van der Waals surface area contributed by atoms with E-state index in [4.69, 9.17) is 9.31 Å². The van der Waals surface area contributed by atoms with Crippen LogP contribution in [0.5, 0.6) is 0 Å².